The van der Waals surface area contributed by atoms with Crippen LogP contribution < -0.4 is 74.8 Å². The molecule has 0 amide bonds. The third kappa shape index (κ3) is 5.26. The number of aromatic carboxylic acids is 1. The van der Waals surface area contributed by atoms with Gasteiger partial charge in [-0.2, -0.15) is 0 Å². The van der Waals surface area contributed by atoms with Gasteiger partial charge in [-0.05, 0) is 39.7 Å². The van der Waals surface area contributed by atoms with Crippen LogP contribution in [-0.2, 0) is 27.7 Å². The first-order valence-electron chi connectivity index (χ1n) is 7.74. The van der Waals surface area contributed by atoms with E-state index in [0.717, 1.165) is 0 Å². The predicted octanol–water partition coefficient (Wildman–Crippen LogP) is -2.47. The molecule has 10 heteroatoms. The van der Waals surface area contributed by atoms with Crippen LogP contribution in [-0.4, -0.2) is 5.97 Å². The average molecular weight is 735 g/mol. The van der Waals surface area contributed by atoms with E-state index in [1.54, 1.807) is 30.3 Å². The maximum absolute atomic E-state index is 12.0. The number of carbonyl (C=O) groups excluding carboxylic acids is 1. The summed E-state index contributed by atoms with van der Waals surface area (Å²) in [4.78, 5) is 23.7. The quantitative estimate of drug-likeness (QED) is 0.168. The van der Waals surface area contributed by atoms with E-state index >= 15 is 0 Å². The predicted molar refractivity (Wildman–Crippen MR) is 104 cm³/mol. The van der Waals surface area contributed by atoms with Gasteiger partial charge in [-0.1, -0.05) is 45.9 Å². The van der Waals surface area contributed by atoms with E-state index in [-0.39, 0.29) is 115 Å². The van der Waals surface area contributed by atoms with Crippen LogP contribution in [0.1, 0.15) is 10.4 Å². The molecule has 0 saturated carbocycles. The number of rotatable bonds is 2. The number of carboxylic acids is 1. The van der Waals surface area contributed by atoms with E-state index in [0.29, 0.717) is 31.0 Å². The minimum absolute atomic E-state index is 0. The van der Waals surface area contributed by atoms with Crippen molar-refractivity contribution in [3.8, 4) is 28.2 Å². The first kappa shape index (κ1) is 28.3. The molecular weight excluding hydrogens is 727 g/mol. The van der Waals surface area contributed by atoms with Gasteiger partial charge in [-0.15, -0.1) is 0 Å². The van der Waals surface area contributed by atoms with Gasteiger partial charge in [-0.25, -0.2) is 0 Å². The molecule has 1 aliphatic heterocycles. The Balaban J connectivity index is 0.00000150. The largest absolute Gasteiger partial charge is 1.00 e. The number of benzene rings is 3. The Labute approximate surface area is 252 Å². The van der Waals surface area contributed by atoms with Gasteiger partial charge in [0.05, 0.1) is 10.4 Å². The molecule has 0 spiro atoms. The summed E-state index contributed by atoms with van der Waals surface area (Å²) in [6.45, 7) is 0. The molecule has 0 aromatic heterocycles. The third-order valence-corrected chi connectivity index (χ3v) is 5.48. The fourth-order valence-corrected chi connectivity index (χ4v) is 3.75. The molecule has 0 saturated heterocycles. The molecule has 2 aromatic carbocycles. The summed E-state index contributed by atoms with van der Waals surface area (Å²) in [7, 11) is 0. The second kappa shape index (κ2) is 11.4. The van der Waals surface area contributed by atoms with Crippen molar-refractivity contribution in [3.63, 3.8) is 0 Å². The Hall–Kier alpha value is 0.295. The first-order chi connectivity index (χ1) is 12.9. The standard InChI is InChI=1S/C20H10Br2O5.Hg.2Na/c21-13-5-11-17(7-15(13)23)27-18-8-16(24)14(22)6-12(18)19(11)9-3-1-2-4-10(9)20(25)26;;;/h1-8,23H,(H,25,26);;;/q;3*+1/p-2. The van der Waals surface area contributed by atoms with Crippen molar-refractivity contribution in [3.05, 3.63) is 73.3 Å². The molecule has 2 aromatic rings. The molecule has 0 bridgehead atoms. The molecule has 1 aliphatic carbocycles. The van der Waals surface area contributed by atoms with Gasteiger partial charge in [0.2, 0.25) is 0 Å². The summed E-state index contributed by atoms with van der Waals surface area (Å²) in [5, 5.41) is 24.2. The van der Waals surface area contributed by atoms with Crippen LogP contribution in [0.3, 0.4) is 0 Å². The maximum Gasteiger partial charge on any atom is 1.00 e. The average Bonchev–Trinajstić information content (AvgIpc) is 2.63. The van der Waals surface area contributed by atoms with Crippen molar-refractivity contribution < 1.29 is 106 Å². The summed E-state index contributed by atoms with van der Waals surface area (Å²) in [5.74, 6) is -1.36. The normalized spacial score (nSPS) is 10.1. The molecule has 0 fully saturated rings. The van der Waals surface area contributed by atoms with Crippen LogP contribution in [0, 0.1) is 0 Å². The van der Waals surface area contributed by atoms with Gasteiger partial charge in [0.25, 0.3) is 0 Å². The van der Waals surface area contributed by atoms with Gasteiger partial charge >= 0.3 is 86.8 Å². The summed E-state index contributed by atoms with van der Waals surface area (Å²) < 4.78 is 6.41. The first-order valence-corrected chi connectivity index (χ1v) is 9.33. The fourth-order valence-electron chi connectivity index (χ4n) is 3.06. The van der Waals surface area contributed by atoms with Crippen molar-refractivity contribution in [1.29, 1.82) is 0 Å². The van der Waals surface area contributed by atoms with Gasteiger partial charge in [0, 0.05) is 32.6 Å². The summed E-state index contributed by atoms with van der Waals surface area (Å²) >= 11 is 6.44. The number of carbonyl (C=O) groups is 1. The van der Waals surface area contributed by atoms with E-state index in [1.807, 2.05) is 0 Å². The molecular formula is C20H8Br2HgNa2O5+. The zero-order valence-electron chi connectivity index (χ0n) is 16.1. The Kier molecular flexibility index (Phi) is 10.8. The number of hydrogen-bond donors (Lipinski definition) is 0. The Morgan fingerprint density at radius 2 is 1.60 bits per heavy atom. The second-order valence-electron chi connectivity index (χ2n) is 5.87. The van der Waals surface area contributed by atoms with Crippen LogP contribution in [0.2, 0.25) is 0 Å². The molecule has 1 radical (unpaired) electrons. The van der Waals surface area contributed by atoms with Crippen molar-refractivity contribution in [1.82, 2.24) is 0 Å². The van der Waals surface area contributed by atoms with Crippen LogP contribution in [0.25, 0.3) is 33.4 Å². The Morgan fingerprint density at radius 1 is 0.933 bits per heavy atom. The Morgan fingerprint density at radius 3 is 2.27 bits per heavy atom. The summed E-state index contributed by atoms with van der Waals surface area (Å²) in [6.07, 6.45) is 0. The molecule has 1 heterocycles. The minimum Gasteiger partial charge on any atom is -0.872 e. The zero-order valence-corrected chi connectivity index (χ0v) is 28.8. The van der Waals surface area contributed by atoms with Crippen molar-refractivity contribution in [2.75, 3.05) is 0 Å². The smallest absolute Gasteiger partial charge is 0.872 e. The SMILES string of the molecule is O=C([O-])c1ccccc1-c1c2cc(Br)c(=O)cc-2oc2cc([O-])c(Br)cc12.[Hg+].[Na+].[Na+]. The number of hydrogen-bond acceptors (Lipinski definition) is 5. The van der Waals surface area contributed by atoms with Crippen molar-refractivity contribution in [2.45, 2.75) is 0 Å². The zero-order chi connectivity index (χ0) is 19.3. The Bertz CT molecular complexity index is 1280. The van der Waals surface area contributed by atoms with E-state index in [1.165, 1.54) is 18.2 Å². The molecule has 0 N–H and O–H groups in total. The van der Waals surface area contributed by atoms with Gasteiger partial charge in [-0.3, -0.25) is 4.79 Å². The number of halogens is 2. The van der Waals surface area contributed by atoms with Crippen LogP contribution in [0.5, 0.6) is 5.75 Å². The third-order valence-electron chi connectivity index (χ3n) is 4.24. The van der Waals surface area contributed by atoms with Crippen LogP contribution in [0.15, 0.2) is 66.7 Å². The van der Waals surface area contributed by atoms with E-state index in [9.17, 15) is 19.8 Å². The minimum atomic E-state index is -1.33. The molecule has 5 nitrogen and oxygen atoms in total. The van der Waals surface area contributed by atoms with Gasteiger partial charge < -0.3 is 19.4 Å². The van der Waals surface area contributed by atoms with Crippen LogP contribution >= 0.6 is 31.9 Å². The maximum atomic E-state index is 12.0. The van der Waals surface area contributed by atoms with Crippen molar-refractivity contribution in [2.24, 2.45) is 0 Å². The molecule has 30 heavy (non-hydrogen) atoms. The number of fused-ring (bicyclic) bond motifs is 2. The monoisotopic (exact) mass is 734 g/mol. The molecule has 2 aliphatic rings. The molecule has 135 valence electrons. The van der Waals surface area contributed by atoms with E-state index in [2.05, 4.69) is 31.9 Å². The molecule has 0 atom stereocenters. The summed E-state index contributed by atoms with van der Waals surface area (Å²) in [6, 6.07) is 12.2. The summed E-state index contributed by atoms with van der Waals surface area (Å²) in [5.41, 5.74) is 1.43. The number of carboxylic acid groups (broad SMARTS) is 1. The molecule has 4 rings (SSSR count). The topological polar surface area (TPSA) is 93.4 Å². The second-order valence-corrected chi connectivity index (χ2v) is 7.58. The van der Waals surface area contributed by atoms with Crippen molar-refractivity contribution >= 4 is 48.8 Å². The van der Waals surface area contributed by atoms with Gasteiger partial charge in [0.15, 0.2) is 5.43 Å². The van der Waals surface area contributed by atoms with Gasteiger partial charge in [0.1, 0.15) is 11.3 Å². The van der Waals surface area contributed by atoms with Crippen LogP contribution in [0.4, 0.5) is 0 Å². The van der Waals surface area contributed by atoms with E-state index < -0.39 is 5.97 Å². The van der Waals surface area contributed by atoms with E-state index in [4.69, 9.17) is 4.42 Å². The molecule has 0 unspecified atom stereocenters. The fraction of sp³-hybridized carbons (Fsp3) is 0.